The number of H-pyrrole nitrogens is 2. The summed E-state index contributed by atoms with van der Waals surface area (Å²) in [6.07, 6.45) is 0. The normalized spacial score (nSPS) is 11.9. The van der Waals surface area contributed by atoms with Gasteiger partial charge in [0.1, 0.15) is 11.6 Å². The average molecular weight is 440 g/mol. The first kappa shape index (κ1) is 20.1. The molecule has 0 bridgehead atoms. The third kappa shape index (κ3) is 3.96. The molecule has 12 heteroatoms. The Hall–Kier alpha value is -4.19. The summed E-state index contributed by atoms with van der Waals surface area (Å²) in [6.45, 7) is 1.77. The maximum atomic E-state index is 12.5. The van der Waals surface area contributed by atoms with Crippen molar-refractivity contribution >= 4 is 40.1 Å². The van der Waals surface area contributed by atoms with Crippen molar-refractivity contribution in [2.24, 2.45) is 0 Å². The van der Waals surface area contributed by atoms with E-state index in [0.29, 0.717) is 17.1 Å². The second-order valence-corrected chi connectivity index (χ2v) is 7.32. The molecule has 0 saturated carbocycles. The Bertz CT molecular complexity index is 1320. The van der Waals surface area contributed by atoms with Gasteiger partial charge >= 0.3 is 12.0 Å². The number of carbonyl (C=O) groups excluding carboxylic acids is 1. The van der Waals surface area contributed by atoms with Crippen molar-refractivity contribution in [2.45, 2.75) is 13.0 Å². The number of aromatic carboxylic acids is 1. The molecule has 0 saturated heterocycles. The Balaban J connectivity index is 1.53. The van der Waals surface area contributed by atoms with Crippen LogP contribution in [0.2, 0.25) is 0 Å². The van der Waals surface area contributed by atoms with Gasteiger partial charge in [-0.3, -0.25) is 4.79 Å². The Labute approximate surface area is 177 Å². The van der Waals surface area contributed by atoms with Crippen molar-refractivity contribution in [3.8, 4) is 17.1 Å². The molecule has 0 spiro atoms. The van der Waals surface area contributed by atoms with Gasteiger partial charge in [-0.1, -0.05) is 12.1 Å². The van der Waals surface area contributed by atoms with Crippen molar-refractivity contribution in [1.82, 2.24) is 25.3 Å². The molecule has 2 amide bonds. The first-order valence-corrected chi connectivity index (χ1v) is 9.93. The Morgan fingerprint density at radius 2 is 1.94 bits per heavy atom. The van der Waals surface area contributed by atoms with Gasteiger partial charge in [0.05, 0.1) is 28.3 Å². The zero-order chi connectivity index (χ0) is 22.1. The Morgan fingerprint density at radius 3 is 2.68 bits per heavy atom. The lowest BCUT2D eigenvalue weighted by Gasteiger charge is -2.13. The molecule has 0 aliphatic rings. The number of hydrogen-bond donors (Lipinski definition) is 6. The number of anilines is 1. The van der Waals surface area contributed by atoms with Crippen LogP contribution in [0.1, 0.15) is 29.3 Å². The van der Waals surface area contributed by atoms with Gasteiger partial charge in [0, 0.05) is 10.8 Å². The number of benzene rings is 1. The summed E-state index contributed by atoms with van der Waals surface area (Å²) in [5.41, 5.74) is 0.466. The van der Waals surface area contributed by atoms with E-state index < -0.39 is 35.0 Å². The highest BCUT2D eigenvalue weighted by Gasteiger charge is 2.20. The Kier molecular flexibility index (Phi) is 5.13. The fraction of sp³-hybridized carbons (Fsp3) is 0.105. The van der Waals surface area contributed by atoms with Gasteiger partial charge < -0.3 is 30.8 Å². The fourth-order valence-corrected chi connectivity index (χ4v) is 3.69. The Morgan fingerprint density at radius 1 is 1.16 bits per heavy atom. The van der Waals surface area contributed by atoms with E-state index >= 15 is 0 Å². The minimum atomic E-state index is -1.55. The van der Waals surface area contributed by atoms with Crippen LogP contribution in [0.15, 0.2) is 39.8 Å². The molecule has 0 aliphatic carbocycles. The number of carboxylic acids is 1. The van der Waals surface area contributed by atoms with Crippen LogP contribution in [0.25, 0.3) is 22.4 Å². The number of aromatic amines is 2. The lowest BCUT2D eigenvalue weighted by molar-refractivity contribution is 0.0686. The highest BCUT2D eigenvalue weighted by atomic mass is 32.1. The first-order chi connectivity index (χ1) is 14.8. The van der Waals surface area contributed by atoms with E-state index in [1.807, 2.05) is 24.3 Å². The molecule has 1 atom stereocenters. The molecule has 1 aromatic carbocycles. The molecule has 0 radical (unpaired) electrons. The SMILES string of the molecule is CC(NC(=O)Nc1cscc1-c1nc(C(=O)O)c(O)c(=O)[nH]1)c1nc2ccccc2[nH]1. The first-order valence-electron chi connectivity index (χ1n) is 8.98. The summed E-state index contributed by atoms with van der Waals surface area (Å²) in [5, 5.41) is 27.3. The number of nitrogens with zero attached hydrogens (tertiary/aromatic N) is 2. The zero-order valence-electron chi connectivity index (χ0n) is 16.0. The monoisotopic (exact) mass is 440 g/mol. The molecule has 0 fully saturated rings. The molecule has 3 aromatic heterocycles. The standard InChI is InChI=1S/C19H16N6O5S/c1-8(15-21-10-4-2-3-5-11(10)22-15)20-19(30)23-12-7-31-6-9(12)16-24-13(18(28)29)14(26)17(27)25-16/h2-8,26H,1H3,(H,21,22)(H,28,29)(H2,20,23,30)(H,24,25,27). The number of carbonyl (C=O) groups is 2. The van der Waals surface area contributed by atoms with Gasteiger partial charge in [-0.25, -0.2) is 19.6 Å². The number of aromatic hydroxyl groups is 1. The highest BCUT2D eigenvalue weighted by molar-refractivity contribution is 7.08. The molecule has 6 N–H and O–H groups in total. The molecular formula is C19H16N6O5S. The van der Waals surface area contributed by atoms with E-state index in [1.165, 1.54) is 11.3 Å². The largest absolute Gasteiger partial charge is 0.501 e. The van der Waals surface area contributed by atoms with E-state index in [1.54, 1.807) is 17.7 Å². The number of aromatic nitrogens is 4. The summed E-state index contributed by atoms with van der Waals surface area (Å²) in [4.78, 5) is 49.3. The number of fused-ring (bicyclic) bond motifs is 1. The predicted octanol–water partition coefficient (Wildman–Crippen LogP) is 2.66. The van der Waals surface area contributed by atoms with Crippen LogP contribution in [-0.4, -0.2) is 42.1 Å². The number of urea groups is 1. The van der Waals surface area contributed by atoms with Crippen LogP contribution in [0, 0.1) is 0 Å². The zero-order valence-corrected chi connectivity index (χ0v) is 16.8. The molecule has 31 heavy (non-hydrogen) atoms. The molecule has 1 unspecified atom stereocenters. The van der Waals surface area contributed by atoms with Crippen molar-refractivity contribution in [2.75, 3.05) is 5.32 Å². The molecule has 4 aromatic rings. The van der Waals surface area contributed by atoms with Crippen LogP contribution >= 0.6 is 11.3 Å². The van der Waals surface area contributed by atoms with Crippen LogP contribution in [0.3, 0.4) is 0 Å². The second-order valence-electron chi connectivity index (χ2n) is 6.58. The lowest BCUT2D eigenvalue weighted by atomic mass is 10.2. The van der Waals surface area contributed by atoms with E-state index in [9.17, 15) is 19.5 Å². The number of thiophene rings is 1. The maximum absolute atomic E-state index is 12.5. The minimum absolute atomic E-state index is 0.0953. The number of hydrogen-bond acceptors (Lipinski definition) is 7. The average Bonchev–Trinajstić information content (AvgIpc) is 3.36. The van der Waals surface area contributed by atoms with E-state index in [4.69, 9.17) is 5.11 Å². The second kappa shape index (κ2) is 7.91. The topological polar surface area (TPSA) is 173 Å². The number of imidazole rings is 1. The minimum Gasteiger partial charge on any atom is -0.501 e. The van der Waals surface area contributed by atoms with Crippen molar-refractivity contribution in [1.29, 1.82) is 0 Å². The summed E-state index contributed by atoms with van der Waals surface area (Å²) < 4.78 is 0. The summed E-state index contributed by atoms with van der Waals surface area (Å²) in [6, 6.07) is 6.52. The van der Waals surface area contributed by atoms with Crippen molar-refractivity contribution in [3.63, 3.8) is 0 Å². The molecule has 3 heterocycles. The van der Waals surface area contributed by atoms with Crippen LogP contribution < -0.4 is 16.2 Å². The molecule has 4 rings (SSSR count). The van der Waals surface area contributed by atoms with Crippen LogP contribution in [0.5, 0.6) is 5.75 Å². The number of rotatable bonds is 5. The van der Waals surface area contributed by atoms with E-state index in [0.717, 1.165) is 11.0 Å². The van der Waals surface area contributed by atoms with Gasteiger partial charge in [0.15, 0.2) is 5.69 Å². The lowest BCUT2D eigenvalue weighted by Crippen LogP contribution is -2.31. The summed E-state index contributed by atoms with van der Waals surface area (Å²) in [7, 11) is 0. The fourth-order valence-electron chi connectivity index (χ4n) is 2.92. The van der Waals surface area contributed by atoms with E-state index in [-0.39, 0.29) is 5.82 Å². The third-order valence-corrected chi connectivity index (χ3v) is 5.17. The van der Waals surface area contributed by atoms with Crippen molar-refractivity contribution in [3.05, 3.63) is 56.9 Å². The molecule has 11 nitrogen and oxygen atoms in total. The predicted molar refractivity (Wildman–Crippen MR) is 113 cm³/mol. The van der Waals surface area contributed by atoms with Gasteiger partial charge in [-0.05, 0) is 19.1 Å². The smallest absolute Gasteiger partial charge is 0.358 e. The molecule has 0 aliphatic heterocycles. The third-order valence-electron chi connectivity index (χ3n) is 4.43. The number of amides is 2. The number of para-hydroxylation sites is 2. The van der Waals surface area contributed by atoms with Gasteiger partial charge in [0.2, 0.25) is 5.75 Å². The van der Waals surface area contributed by atoms with Gasteiger partial charge in [-0.15, -0.1) is 11.3 Å². The molecular weight excluding hydrogens is 424 g/mol. The quantitative estimate of drug-likeness (QED) is 0.277. The highest BCUT2D eigenvalue weighted by Crippen LogP contribution is 2.30. The maximum Gasteiger partial charge on any atom is 0.358 e. The number of carboxylic acid groups (broad SMARTS) is 1. The van der Waals surface area contributed by atoms with Crippen LogP contribution in [-0.2, 0) is 0 Å². The summed E-state index contributed by atoms with van der Waals surface area (Å²) >= 11 is 1.21. The van der Waals surface area contributed by atoms with Crippen LogP contribution in [0.4, 0.5) is 10.5 Å². The molecule has 158 valence electrons. The van der Waals surface area contributed by atoms with Crippen molar-refractivity contribution < 1.29 is 19.8 Å². The van der Waals surface area contributed by atoms with Gasteiger partial charge in [0.25, 0.3) is 5.56 Å². The van der Waals surface area contributed by atoms with Gasteiger partial charge in [-0.2, -0.15) is 0 Å². The number of nitrogens with one attached hydrogen (secondary N) is 4. The van der Waals surface area contributed by atoms with E-state index in [2.05, 4.69) is 30.6 Å². The summed E-state index contributed by atoms with van der Waals surface area (Å²) in [5.74, 6) is -2.05.